The molecule has 3 nitrogen and oxygen atoms in total. The third kappa shape index (κ3) is 2.79. The highest BCUT2D eigenvalue weighted by atomic mass is 32.2. The zero-order chi connectivity index (χ0) is 11.4. The second kappa shape index (κ2) is 5.07. The first-order valence-electron chi connectivity index (χ1n) is 5.13. The van der Waals surface area contributed by atoms with Crippen LogP contribution < -0.4 is 0 Å². The summed E-state index contributed by atoms with van der Waals surface area (Å²) in [5, 5.41) is 9.31. The predicted molar refractivity (Wildman–Crippen MR) is 65.7 cm³/mol. The molecule has 16 heavy (non-hydrogen) atoms. The molecule has 1 heterocycles. The van der Waals surface area contributed by atoms with E-state index in [1.807, 2.05) is 36.3 Å². The summed E-state index contributed by atoms with van der Waals surface area (Å²) in [6.07, 6.45) is 4.69. The summed E-state index contributed by atoms with van der Waals surface area (Å²) in [5.41, 5.74) is 1.23. The molecule has 0 radical (unpaired) electrons. The number of thioether (sulfide) groups is 1. The lowest BCUT2D eigenvalue weighted by Crippen LogP contribution is -1.96. The number of hydrogen-bond donors (Lipinski definition) is 1. The molecule has 84 valence electrons. The Morgan fingerprint density at radius 3 is 3.00 bits per heavy atom. The highest BCUT2D eigenvalue weighted by Crippen LogP contribution is 2.22. The van der Waals surface area contributed by atoms with Crippen molar-refractivity contribution in [2.24, 2.45) is 7.05 Å². The van der Waals surface area contributed by atoms with Crippen molar-refractivity contribution in [3.05, 3.63) is 42.5 Å². The van der Waals surface area contributed by atoms with Crippen molar-refractivity contribution in [3.63, 3.8) is 0 Å². The van der Waals surface area contributed by atoms with Crippen LogP contribution in [-0.2, 0) is 13.5 Å². The van der Waals surface area contributed by atoms with Gasteiger partial charge >= 0.3 is 0 Å². The van der Waals surface area contributed by atoms with E-state index in [0.29, 0.717) is 5.75 Å². The molecule has 4 heteroatoms. The fraction of sp³-hybridized carbons (Fsp3) is 0.250. The van der Waals surface area contributed by atoms with Crippen molar-refractivity contribution in [2.75, 3.05) is 5.75 Å². The van der Waals surface area contributed by atoms with E-state index in [-0.39, 0.29) is 0 Å². The molecule has 0 saturated heterocycles. The molecule has 0 fully saturated rings. The van der Waals surface area contributed by atoms with E-state index < -0.39 is 0 Å². The molecule has 1 aromatic heterocycles. The Morgan fingerprint density at radius 1 is 1.44 bits per heavy atom. The van der Waals surface area contributed by atoms with Gasteiger partial charge in [-0.1, -0.05) is 6.07 Å². The van der Waals surface area contributed by atoms with Crippen molar-refractivity contribution in [2.45, 2.75) is 11.3 Å². The first-order chi connectivity index (χ1) is 7.75. The Bertz CT molecular complexity index is 468. The second-order valence-corrected chi connectivity index (χ2v) is 4.76. The molecular weight excluding hydrogens is 220 g/mol. The van der Waals surface area contributed by atoms with Crippen LogP contribution in [0.5, 0.6) is 5.75 Å². The van der Waals surface area contributed by atoms with Gasteiger partial charge in [-0.3, -0.25) is 0 Å². The molecule has 0 atom stereocenters. The molecule has 1 N–H and O–H groups in total. The minimum absolute atomic E-state index is 0.325. The van der Waals surface area contributed by atoms with E-state index in [9.17, 15) is 5.11 Å². The molecular formula is C12H14N2OS. The molecule has 0 aliphatic heterocycles. The van der Waals surface area contributed by atoms with Gasteiger partial charge in [-0.15, -0.1) is 11.8 Å². The first kappa shape index (κ1) is 11.1. The normalized spacial score (nSPS) is 10.6. The van der Waals surface area contributed by atoms with Gasteiger partial charge in [0.05, 0.1) is 6.33 Å². The molecule has 0 spiro atoms. The summed E-state index contributed by atoms with van der Waals surface area (Å²) in [4.78, 5) is 5.17. The maximum absolute atomic E-state index is 9.31. The van der Waals surface area contributed by atoms with Crippen molar-refractivity contribution in [1.29, 1.82) is 0 Å². The summed E-state index contributed by atoms with van der Waals surface area (Å²) in [6, 6.07) is 7.34. The number of hydrogen-bond acceptors (Lipinski definition) is 3. The number of aromatic hydroxyl groups is 1. The van der Waals surface area contributed by atoms with E-state index >= 15 is 0 Å². The van der Waals surface area contributed by atoms with Crippen LogP contribution >= 0.6 is 11.8 Å². The van der Waals surface area contributed by atoms with E-state index in [2.05, 4.69) is 4.98 Å². The maximum atomic E-state index is 9.31. The third-order valence-corrected chi connectivity index (χ3v) is 3.36. The van der Waals surface area contributed by atoms with Crippen molar-refractivity contribution in [1.82, 2.24) is 9.55 Å². The quantitative estimate of drug-likeness (QED) is 0.826. The summed E-state index contributed by atoms with van der Waals surface area (Å²) >= 11 is 1.74. The Hall–Kier alpha value is -1.42. The molecule has 0 unspecified atom stereocenters. The number of imidazole rings is 1. The highest BCUT2D eigenvalue weighted by molar-refractivity contribution is 7.99. The summed E-state index contributed by atoms with van der Waals surface area (Å²) in [6.45, 7) is 0. The van der Waals surface area contributed by atoms with Crippen molar-refractivity contribution in [3.8, 4) is 5.75 Å². The van der Waals surface area contributed by atoms with Gasteiger partial charge in [0, 0.05) is 29.6 Å². The average Bonchev–Trinajstić information content (AvgIpc) is 2.65. The number of aryl methyl sites for hydroxylation is 2. The lowest BCUT2D eigenvalue weighted by molar-refractivity contribution is 0.474. The fourth-order valence-corrected chi connectivity index (χ4v) is 2.40. The molecule has 2 rings (SSSR count). The van der Waals surface area contributed by atoms with E-state index in [1.54, 1.807) is 23.9 Å². The summed E-state index contributed by atoms with van der Waals surface area (Å²) < 4.78 is 2.03. The van der Waals surface area contributed by atoms with Crippen molar-refractivity contribution < 1.29 is 5.11 Å². The zero-order valence-electron chi connectivity index (χ0n) is 9.13. The van der Waals surface area contributed by atoms with Crippen molar-refractivity contribution >= 4 is 11.8 Å². The summed E-state index contributed by atoms with van der Waals surface area (Å²) in [7, 11) is 2.00. The third-order valence-electron chi connectivity index (χ3n) is 2.36. The number of nitrogens with zero attached hydrogens (tertiary/aromatic N) is 2. The van der Waals surface area contributed by atoms with Gasteiger partial charge in [0.15, 0.2) is 0 Å². The summed E-state index contributed by atoms with van der Waals surface area (Å²) in [5.74, 6) is 1.31. The number of aromatic nitrogens is 2. The van der Waals surface area contributed by atoms with Crippen LogP contribution in [0.25, 0.3) is 0 Å². The van der Waals surface area contributed by atoms with Gasteiger partial charge in [-0.25, -0.2) is 4.98 Å². The molecule has 0 aliphatic rings. The van der Waals surface area contributed by atoms with Crippen LogP contribution in [0.1, 0.15) is 5.69 Å². The largest absolute Gasteiger partial charge is 0.508 e. The number of benzene rings is 1. The van der Waals surface area contributed by atoms with Gasteiger partial charge in [0.1, 0.15) is 5.75 Å². The van der Waals surface area contributed by atoms with Gasteiger partial charge in [-0.2, -0.15) is 0 Å². The molecule has 0 aliphatic carbocycles. The Balaban J connectivity index is 1.87. The highest BCUT2D eigenvalue weighted by Gasteiger charge is 2.00. The van der Waals surface area contributed by atoms with Crippen LogP contribution in [0.15, 0.2) is 41.7 Å². The zero-order valence-corrected chi connectivity index (χ0v) is 9.94. The number of rotatable bonds is 4. The number of phenolic OH excluding ortho intramolecular Hbond substituents is 1. The molecule has 0 saturated carbocycles. The van der Waals surface area contributed by atoms with Gasteiger partial charge in [0.25, 0.3) is 0 Å². The van der Waals surface area contributed by atoms with Crippen LogP contribution in [0, 0.1) is 0 Å². The lowest BCUT2D eigenvalue weighted by Gasteiger charge is -2.03. The SMILES string of the molecule is Cn1cncc1CCSc1cccc(O)c1. The predicted octanol–water partition coefficient (Wildman–Crippen LogP) is 2.46. The monoisotopic (exact) mass is 234 g/mol. The molecule has 0 bridgehead atoms. The van der Waals surface area contributed by atoms with Crippen LogP contribution in [0.2, 0.25) is 0 Å². The standard InChI is InChI=1S/C12H14N2OS/c1-14-9-13-8-10(14)5-6-16-12-4-2-3-11(15)7-12/h2-4,7-9,15H,5-6H2,1H3. The average molecular weight is 234 g/mol. The van der Waals surface area contributed by atoms with E-state index in [4.69, 9.17) is 0 Å². The Kier molecular flexibility index (Phi) is 3.51. The second-order valence-electron chi connectivity index (χ2n) is 3.59. The Labute approximate surface area is 99.1 Å². The Morgan fingerprint density at radius 2 is 2.31 bits per heavy atom. The van der Waals surface area contributed by atoms with Crippen LogP contribution in [0.4, 0.5) is 0 Å². The first-order valence-corrected chi connectivity index (χ1v) is 6.11. The van der Waals surface area contributed by atoms with E-state index in [1.165, 1.54) is 5.69 Å². The molecule has 0 amide bonds. The smallest absolute Gasteiger partial charge is 0.116 e. The van der Waals surface area contributed by atoms with Crippen LogP contribution in [-0.4, -0.2) is 20.4 Å². The topological polar surface area (TPSA) is 38.0 Å². The molecule has 2 aromatic rings. The van der Waals surface area contributed by atoms with Gasteiger partial charge in [0.2, 0.25) is 0 Å². The minimum atomic E-state index is 0.325. The van der Waals surface area contributed by atoms with Gasteiger partial charge < -0.3 is 9.67 Å². The van der Waals surface area contributed by atoms with E-state index in [0.717, 1.165) is 17.1 Å². The maximum Gasteiger partial charge on any atom is 0.116 e. The van der Waals surface area contributed by atoms with Gasteiger partial charge in [-0.05, 0) is 24.6 Å². The fourth-order valence-electron chi connectivity index (χ4n) is 1.47. The number of phenols is 1. The lowest BCUT2D eigenvalue weighted by atomic mass is 10.3. The van der Waals surface area contributed by atoms with Crippen LogP contribution in [0.3, 0.4) is 0 Å². The molecule has 1 aromatic carbocycles. The minimum Gasteiger partial charge on any atom is -0.508 e.